The van der Waals surface area contributed by atoms with Crippen LogP contribution in [0.25, 0.3) is 10.8 Å². The van der Waals surface area contributed by atoms with Crippen LogP contribution in [0.3, 0.4) is 0 Å². The Balaban J connectivity index is 0.00000147. The zero-order chi connectivity index (χ0) is 13.1. The second-order valence-electron chi connectivity index (χ2n) is 4.39. The summed E-state index contributed by atoms with van der Waals surface area (Å²) in [5.74, 6) is 0.539. The first kappa shape index (κ1) is 14.1. The minimum atomic E-state index is 0. The van der Waals surface area contributed by atoms with Crippen molar-refractivity contribution in [2.75, 3.05) is 0 Å². The highest BCUT2D eigenvalue weighted by Crippen LogP contribution is 2.17. The number of benzene rings is 3. The lowest BCUT2D eigenvalue weighted by atomic mass is 10.1. The third-order valence-corrected chi connectivity index (χ3v) is 3.05. The SMILES string of the molecule is Cl.NC(=Nc1ccccc1)c1ccc2ccccc2c1. The van der Waals surface area contributed by atoms with Gasteiger partial charge in [-0.05, 0) is 29.0 Å². The van der Waals surface area contributed by atoms with Gasteiger partial charge in [0.1, 0.15) is 5.84 Å². The number of fused-ring (bicyclic) bond motifs is 1. The summed E-state index contributed by atoms with van der Waals surface area (Å²) in [5.41, 5.74) is 7.88. The zero-order valence-electron chi connectivity index (χ0n) is 10.9. The largest absolute Gasteiger partial charge is 0.383 e. The van der Waals surface area contributed by atoms with Crippen LogP contribution in [0.5, 0.6) is 0 Å². The number of hydrogen-bond acceptors (Lipinski definition) is 1. The van der Waals surface area contributed by atoms with Crippen LogP contribution in [0, 0.1) is 0 Å². The van der Waals surface area contributed by atoms with Crippen LogP contribution < -0.4 is 5.73 Å². The van der Waals surface area contributed by atoms with Crippen molar-refractivity contribution in [2.45, 2.75) is 0 Å². The van der Waals surface area contributed by atoms with Gasteiger partial charge in [0.15, 0.2) is 0 Å². The van der Waals surface area contributed by atoms with Crippen molar-refractivity contribution in [3.63, 3.8) is 0 Å². The number of aliphatic imine (C=N–C) groups is 1. The molecule has 0 aliphatic heterocycles. The van der Waals surface area contributed by atoms with E-state index in [1.165, 1.54) is 10.8 Å². The molecule has 0 amide bonds. The Labute approximate surface area is 124 Å². The van der Waals surface area contributed by atoms with Crippen molar-refractivity contribution in [3.05, 3.63) is 78.4 Å². The average Bonchev–Trinajstić information content (AvgIpc) is 2.48. The van der Waals surface area contributed by atoms with Crippen LogP contribution in [-0.2, 0) is 0 Å². The fraction of sp³-hybridized carbons (Fsp3) is 0. The topological polar surface area (TPSA) is 38.4 Å². The van der Waals surface area contributed by atoms with Crippen molar-refractivity contribution >= 4 is 34.7 Å². The molecule has 0 fully saturated rings. The standard InChI is InChI=1S/C17H14N2.ClH/c18-17(19-16-8-2-1-3-9-16)15-11-10-13-6-4-5-7-14(13)12-15;/h1-12H,(H2,18,19);1H. The summed E-state index contributed by atoms with van der Waals surface area (Å²) in [6.45, 7) is 0. The number of amidine groups is 1. The van der Waals surface area contributed by atoms with Crippen LogP contribution in [0.15, 0.2) is 77.8 Å². The molecule has 100 valence electrons. The lowest BCUT2D eigenvalue weighted by molar-refractivity contribution is 1.46. The molecule has 0 heterocycles. The first-order chi connectivity index (χ1) is 9.33. The Morgan fingerprint density at radius 2 is 1.40 bits per heavy atom. The maximum Gasteiger partial charge on any atom is 0.131 e. The predicted octanol–water partition coefficient (Wildman–Crippen LogP) is 4.30. The summed E-state index contributed by atoms with van der Waals surface area (Å²) < 4.78 is 0. The molecule has 3 aromatic rings. The van der Waals surface area contributed by atoms with E-state index in [1.807, 2.05) is 48.5 Å². The summed E-state index contributed by atoms with van der Waals surface area (Å²) in [4.78, 5) is 4.43. The second-order valence-corrected chi connectivity index (χ2v) is 4.39. The van der Waals surface area contributed by atoms with Crippen LogP contribution in [0.1, 0.15) is 5.56 Å². The highest BCUT2D eigenvalue weighted by molar-refractivity contribution is 6.02. The Hall–Kier alpha value is -2.32. The summed E-state index contributed by atoms with van der Waals surface area (Å²) in [6, 6.07) is 24.1. The first-order valence-corrected chi connectivity index (χ1v) is 6.21. The van der Waals surface area contributed by atoms with E-state index in [-0.39, 0.29) is 12.4 Å². The molecule has 2 nitrogen and oxygen atoms in total. The van der Waals surface area contributed by atoms with E-state index in [2.05, 4.69) is 29.3 Å². The third-order valence-electron chi connectivity index (χ3n) is 3.05. The number of halogens is 1. The van der Waals surface area contributed by atoms with Gasteiger partial charge in [-0.1, -0.05) is 54.6 Å². The molecular weight excluding hydrogens is 268 g/mol. The summed E-state index contributed by atoms with van der Waals surface area (Å²) in [5, 5.41) is 2.38. The van der Waals surface area contributed by atoms with E-state index < -0.39 is 0 Å². The lowest BCUT2D eigenvalue weighted by Gasteiger charge is -2.03. The van der Waals surface area contributed by atoms with Crippen LogP contribution in [-0.4, -0.2) is 5.84 Å². The Morgan fingerprint density at radius 1 is 0.750 bits per heavy atom. The van der Waals surface area contributed by atoms with Gasteiger partial charge < -0.3 is 5.73 Å². The van der Waals surface area contributed by atoms with Crippen molar-refractivity contribution in [3.8, 4) is 0 Å². The van der Waals surface area contributed by atoms with Crippen LogP contribution >= 0.6 is 12.4 Å². The molecule has 3 heteroatoms. The molecule has 0 aliphatic carbocycles. The van der Waals surface area contributed by atoms with Crippen LogP contribution in [0.4, 0.5) is 5.69 Å². The van der Waals surface area contributed by atoms with Gasteiger partial charge in [0.2, 0.25) is 0 Å². The van der Waals surface area contributed by atoms with Crippen LogP contribution in [0.2, 0.25) is 0 Å². The summed E-state index contributed by atoms with van der Waals surface area (Å²) >= 11 is 0. The molecule has 0 bridgehead atoms. The van der Waals surface area contributed by atoms with Gasteiger partial charge in [-0.15, -0.1) is 12.4 Å². The molecule has 0 saturated carbocycles. The maximum absolute atomic E-state index is 6.07. The number of hydrogen-bond donors (Lipinski definition) is 1. The van der Waals surface area contributed by atoms with Crippen molar-refractivity contribution in [1.29, 1.82) is 0 Å². The Kier molecular flexibility index (Phi) is 4.38. The van der Waals surface area contributed by atoms with E-state index in [1.54, 1.807) is 0 Å². The fourth-order valence-electron chi connectivity index (χ4n) is 2.05. The van der Waals surface area contributed by atoms with Gasteiger partial charge in [0, 0.05) is 5.56 Å². The molecule has 0 spiro atoms. The Bertz CT molecular complexity index is 736. The van der Waals surface area contributed by atoms with Gasteiger partial charge in [-0.25, -0.2) is 4.99 Å². The van der Waals surface area contributed by atoms with Crippen molar-refractivity contribution < 1.29 is 0 Å². The smallest absolute Gasteiger partial charge is 0.131 e. The molecular formula is C17H15ClN2. The molecule has 0 saturated heterocycles. The van der Waals surface area contributed by atoms with E-state index in [0.29, 0.717) is 5.84 Å². The first-order valence-electron chi connectivity index (χ1n) is 6.21. The molecule has 3 rings (SSSR count). The maximum atomic E-state index is 6.07. The van der Waals surface area contributed by atoms with Crippen molar-refractivity contribution in [2.24, 2.45) is 10.7 Å². The summed E-state index contributed by atoms with van der Waals surface area (Å²) in [6.07, 6.45) is 0. The van der Waals surface area contributed by atoms with Gasteiger partial charge in [0.25, 0.3) is 0 Å². The molecule has 20 heavy (non-hydrogen) atoms. The average molecular weight is 283 g/mol. The van der Waals surface area contributed by atoms with Gasteiger partial charge in [0.05, 0.1) is 5.69 Å². The van der Waals surface area contributed by atoms with E-state index in [9.17, 15) is 0 Å². The second kappa shape index (κ2) is 6.22. The van der Waals surface area contributed by atoms with Gasteiger partial charge in [-0.3, -0.25) is 0 Å². The molecule has 0 aromatic heterocycles. The predicted molar refractivity (Wildman–Crippen MR) is 88.0 cm³/mol. The molecule has 0 atom stereocenters. The zero-order valence-corrected chi connectivity index (χ0v) is 11.7. The van der Waals surface area contributed by atoms with E-state index in [4.69, 9.17) is 5.73 Å². The molecule has 2 N–H and O–H groups in total. The molecule has 3 aromatic carbocycles. The van der Waals surface area contributed by atoms with Gasteiger partial charge >= 0.3 is 0 Å². The quantitative estimate of drug-likeness (QED) is 0.552. The minimum Gasteiger partial charge on any atom is -0.383 e. The number of para-hydroxylation sites is 1. The van der Waals surface area contributed by atoms with Crippen molar-refractivity contribution in [1.82, 2.24) is 0 Å². The highest BCUT2D eigenvalue weighted by Gasteiger charge is 2.00. The number of nitrogens with two attached hydrogens (primary N) is 1. The molecule has 0 aliphatic rings. The molecule has 0 radical (unpaired) electrons. The third kappa shape index (κ3) is 2.98. The minimum absolute atomic E-state index is 0. The van der Waals surface area contributed by atoms with Gasteiger partial charge in [-0.2, -0.15) is 0 Å². The summed E-state index contributed by atoms with van der Waals surface area (Å²) in [7, 11) is 0. The van der Waals surface area contributed by atoms with E-state index in [0.717, 1.165) is 11.3 Å². The fourth-order valence-corrected chi connectivity index (χ4v) is 2.05. The normalized spacial score (nSPS) is 11.1. The van der Waals surface area contributed by atoms with E-state index >= 15 is 0 Å². The number of rotatable bonds is 2. The number of nitrogens with zero attached hydrogens (tertiary/aromatic N) is 1. The monoisotopic (exact) mass is 282 g/mol. The lowest BCUT2D eigenvalue weighted by Crippen LogP contribution is -2.12. The molecule has 0 unspecified atom stereocenters. The highest BCUT2D eigenvalue weighted by atomic mass is 35.5. The Morgan fingerprint density at radius 3 is 2.15 bits per heavy atom.